The molecule has 1 aromatic heterocycles. The Kier molecular flexibility index (Phi) is 3.60. The molecule has 4 nitrogen and oxygen atoms in total. The molecular weight excluding hydrogens is 238 g/mol. The highest BCUT2D eigenvalue weighted by molar-refractivity contribution is 6.34. The first kappa shape index (κ1) is 11.9. The van der Waals surface area contributed by atoms with E-state index in [9.17, 15) is 4.79 Å². The molecule has 0 amide bonds. The Labute approximate surface area is 105 Å². The minimum Gasteiger partial charge on any atom is -0.355 e. The van der Waals surface area contributed by atoms with Crippen molar-refractivity contribution in [3.63, 3.8) is 0 Å². The first-order chi connectivity index (χ1) is 8.26. The average molecular weight is 250 g/mol. The molecule has 5 heteroatoms. The molecule has 1 aliphatic heterocycles. The molecule has 0 N–H and O–H groups in total. The van der Waals surface area contributed by atoms with Crippen LogP contribution < -0.4 is 4.90 Å². The van der Waals surface area contributed by atoms with Crippen LogP contribution in [0.5, 0.6) is 0 Å². The van der Waals surface area contributed by atoms with E-state index in [0.717, 1.165) is 25.7 Å². The van der Waals surface area contributed by atoms with Crippen LogP contribution in [0.25, 0.3) is 0 Å². The zero-order valence-corrected chi connectivity index (χ0v) is 10.0. The molecule has 1 atom stereocenters. The third kappa shape index (κ3) is 2.40. The Morgan fingerprint density at radius 2 is 2.47 bits per heavy atom. The van der Waals surface area contributed by atoms with Gasteiger partial charge in [0.25, 0.3) is 0 Å². The van der Waals surface area contributed by atoms with Crippen LogP contribution in [0, 0.1) is 17.2 Å². The first-order valence-electron chi connectivity index (χ1n) is 5.51. The van der Waals surface area contributed by atoms with E-state index in [4.69, 9.17) is 16.9 Å². The Morgan fingerprint density at radius 1 is 1.65 bits per heavy atom. The third-order valence-corrected chi connectivity index (χ3v) is 3.31. The largest absolute Gasteiger partial charge is 0.355 e. The molecule has 0 spiro atoms. The fraction of sp³-hybridized carbons (Fsp3) is 0.417. The maximum atomic E-state index is 10.8. The summed E-state index contributed by atoms with van der Waals surface area (Å²) < 4.78 is 0. The summed E-state index contributed by atoms with van der Waals surface area (Å²) >= 11 is 6.12. The summed E-state index contributed by atoms with van der Waals surface area (Å²) in [5.74, 6) is 0.643. The molecule has 1 aromatic rings. The number of anilines is 1. The normalized spacial score (nSPS) is 19.8. The van der Waals surface area contributed by atoms with E-state index in [2.05, 4.69) is 4.98 Å². The van der Waals surface area contributed by atoms with Crippen LogP contribution in [0.3, 0.4) is 0 Å². The number of halogens is 1. The van der Waals surface area contributed by atoms with Gasteiger partial charge in [0, 0.05) is 25.2 Å². The third-order valence-electron chi connectivity index (χ3n) is 2.94. The van der Waals surface area contributed by atoms with Crippen LogP contribution >= 0.6 is 11.6 Å². The zero-order valence-electron chi connectivity index (χ0n) is 9.27. The predicted molar refractivity (Wildman–Crippen MR) is 65.0 cm³/mol. The summed E-state index contributed by atoms with van der Waals surface area (Å²) in [5.41, 5.74) is 0.421. The van der Waals surface area contributed by atoms with E-state index in [0.29, 0.717) is 22.9 Å². The van der Waals surface area contributed by atoms with Gasteiger partial charge in [0.1, 0.15) is 23.2 Å². The second-order valence-corrected chi connectivity index (χ2v) is 4.47. The molecule has 17 heavy (non-hydrogen) atoms. The van der Waals surface area contributed by atoms with Gasteiger partial charge in [-0.05, 0) is 18.9 Å². The Balaban J connectivity index is 2.28. The fourth-order valence-electron chi connectivity index (χ4n) is 2.05. The molecule has 0 aromatic carbocycles. The van der Waals surface area contributed by atoms with Crippen molar-refractivity contribution in [1.29, 1.82) is 5.26 Å². The van der Waals surface area contributed by atoms with Crippen LogP contribution in [0.4, 0.5) is 5.82 Å². The summed E-state index contributed by atoms with van der Waals surface area (Å²) in [4.78, 5) is 17.0. The van der Waals surface area contributed by atoms with Gasteiger partial charge >= 0.3 is 0 Å². The van der Waals surface area contributed by atoms with E-state index in [-0.39, 0.29) is 5.92 Å². The van der Waals surface area contributed by atoms with Crippen molar-refractivity contribution in [2.24, 2.45) is 5.92 Å². The van der Waals surface area contributed by atoms with Gasteiger partial charge in [-0.2, -0.15) is 5.26 Å². The molecule has 0 saturated carbocycles. The summed E-state index contributed by atoms with van der Waals surface area (Å²) in [6, 6.07) is 3.62. The number of nitriles is 1. The molecule has 1 aliphatic rings. The Morgan fingerprint density at radius 3 is 3.18 bits per heavy atom. The summed E-state index contributed by atoms with van der Waals surface area (Å²) in [6.07, 6.45) is 4.41. The van der Waals surface area contributed by atoms with Crippen molar-refractivity contribution in [3.05, 3.63) is 22.8 Å². The highest BCUT2D eigenvalue weighted by atomic mass is 35.5. The Hall–Kier alpha value is -1.60. The average Bonchev–Trinajstić information content (AvgIpc) is 2.39. The van der Waals surface area contributed by atoms with Gasteiger partial charge in [-0.1, -0.05) is 11.6 Å². The van der Waals surface area contributed by atoms with Gasteiger partial charge in [-0.3, -0.25) is 0 Å². The van der Waals surface area contributed by atoms with E-state index in [1.165, 1.54) is 0 Å². The number of hydrogen-bond donors (Lipinski definition) is 0. The maximum Gasteiger partial charge on any atom is 0.148 e. The van der Waals surface area contributed by atoms with Crippen molar-refractivity contribution in [3.8, 4) is 6.07 Å². The van der Waals surface area contributed by atoms with Crippen LogP contribution in [0.1, 0.15) is 18.4 Å². The SMILES string of the molecule is N#Cc1ccnc(N2CCCC(C=O)C2)c1Cl. The minimum atomic E-state index is 0.0346. The van der Waals surface area contributed by atoms with Crippen LogP contribution in [-0.2, 0) is 4.79 Å². The van der Waals surface area contributed by atoms with Gasteiger partial charge in [-0.25, -0.2) is 4.98 Å². The Bertz CT molecular complexity index is 469. The number of piperidine rings is 1. The lowest BCUT2D eigenvalue weighted by Gasteiger charge is -2.31. The van der Waals surface area contributed by atoms with Gasteiger partial charge in [0.05, 0.1) is 5.56 Å². The number of rotatable bonds is 2. The zero-order chi connectivity index (χ0) is 12.3. The van der Waals surface area contributed by atoms with E-state index >= 15 is 0 Å². The highest BCUT2D eigenvalue weighted by Gasteiger charge is 2.22. The van der Waals surface area contributed by atoms with Gasteiger partial charge in [-0.15, -0.1) is 0 Å². The van der Waals surface area contributed by atoms with Crippen molar-refractivity contribution < 1.29 is 4.79 Å². The lowest BCUT2D eigenvalue weighted by molar-refractivity contribution is -0.111. The summed E-state index contributed by atoms with van der Waals surface area (Å²) in [5, 5.41) is 9.28. The van der Waals surface area contributed by atoms with Crippen molar-refractivity contribution in [2.45, 2.75) is 12.8 Å². The summed E-state index contributed by atoms with van der Waals surface area (Å²) in [6.45, 7) is 1.46. The fourth-order valence-corrected chi connectivity index (χ4v) is 2.33. The van der Waals surface area contributed by atoms with Crippen molar-refractivity contribution in [2.75, 3.05) is 18.0 Å². The van der Waals surface area contributed by atoms with E-state index < -0.39 is 0 Å². The number of pyridine rings is 1. The second kappa shape index (κ2) is 5.15. The van der Waals surface area contributed by atoms with Crippen LogP contribution in [0.15, 0.2) is 12.3 Å². The molecule has 2 rings (SSSR count). The molecule has 0 radical (unpaired) electrons. The monoisotopic (exact) mass is 249 g/mol. The number of aromatic nitrogens is 1. The number of carbonyl (C=O) groups excluding carboxylic acids is 1. The number of carbonyl (C=O) groups is 1. The van der Waals surface area contributed by atoms with Gasteiger partial charge in [0.2, 0.25) is 0 Å². The van der Waals surface area contributed by atoms with E-state index in [1.807, 2.05) is 11.0 Å². The number of aldehydes is 1. The smallest absolute Gasteiger partial charge is 0.148 e. The molecule has 0 aliphatic carbocycles. The minimum absolute atomic E-state index is 0.0346. The van der Waals surface area contributed by atoms with Crippen LogP contribution in [-0.4, -0.2) is 24.4 Å². The molecular formula is C12H12ClN3O. The molecule has 2 heterocycles. The summed E-state index contributed by atoms with van der Waals surface area (Å²) in [7, 11) is 0. The number of nitrogens with zero attached hydrogens (tertiary/aromatic N) is 3. The van der Waals surface area contributed by atoms with Crippen molar-refractivity contribution >= 4 is 23.7 Å². The molecule has 0 bridgehead atoms. The van der Waals surface area contributed by atoms with Crippen LogP contribution in [0.2, 0.25) is 5.02 Å². The second-order valence-electron chi connectivity index (χ2n) is 4.09. The number of hydrogen-bond acceptors (Lipinski definition) is 4. The maximum absolute atomic E-state index is 10.8. The van der Waals surface area contributed by atoms with Gasteiger partial charge in [0.15, 0.2) is 0 Å². The van der Waals surface area contributed by atoms with Gasteiger partial charge < -0.3 is 9.69 Å². The molecule has 88 valence electrons. The first-order valence-corrected chi connectivity index (χ1v) is 5.89. The standard InChI is InChI=1S/C12H12ClN3O/c13-11-10(6-14)3-4-15-12(11)16-5-1-2-9(7-16)8-17/h3-4,8-9H,1-2,5,7H2. The lowest BCUT2D eigenvalue weighted by atomic mass is 10.00. The lowest BCUT2D eigenvalue weighted by Crippen LogP contribution is -2.36. The van der Waals surface area contributed by atoms with E-state index in [1.54, 1.807) is 12.3 Å². The predicted octanol–water partition coefficient (Wildman–Crippen LogP) is 2.02. The quantitative estimate of drug-likeness (QED) is 0.753. The van der Waals surface area contributed by atoms with Crippen molar-refractivity contribution in [1.82, 2.24) is 4.98 Å². The molecule has 1 fully saturated rings. The molecule has 1 saturated heterocycles. The topological polar surface area (TPSA) is 57.0 Å². The molecule has 1 unspecified atom stereocenters. The highest BCUT2D eigenvalue weighted by Crippen LogP contribution is 2.29.